The highest BCUT2D eigenvalue weighted by Crippen LogP contribution is 2.39. The van der Waals surface area contributed by atoms with Crippen LogP contribution in [0.3, 0.4) is 0 Å². The molecule has 112 valence electrons. The Morgan fingerprint density at radius 2 is 2.05 bits per heavy atom. The summed E-state index contributed by atoms with van der Waals surface area (Å²) in [6, 6.07) is 8.00. The van der Waals surface area contributed by atoms with Crippen LogP contribution in [0.4, 0.5) is 0 Å². The van der Waals surface area contributed by atoms with Gasteiger partial charge in [-0.3, -0.25) is 0 Å². The number of benzene rings is 1. The minimum absolute atomic E-state index is 0.0776. The first-order valence-corrected chi connectivity index (χ1v) is 9.39. The third-order valence-electron chi connectivity index (χ3n) is 4.56. The first-order chi connectivity index (χ1) is 9.54. The number of rotatable bonds is 5. The maximum Gasteiger partial charge on any atom is 0.0776 e. The smallest absolute Gasteiger partial charge is 0.0776 e. The van der Waals surface area contributed by atoms with Gasteiger partial charge in [0.15, 0.2) is 0 Å². The minimum Gasteiger partial charge on any atom is -0.370 e. The predicted octanol–water partition coefficient (Wildman–Crippen LogP) is 5.88. The summed E-state index contributed by atoms with van der Waals surface area (Å²) in [6.45, 7) is 5.36. The SMILES string of the molecule is CC(C)C1CCC(CI)(OCc2cccc(Cl)c2)CC1. The third-order valence-corrected chi connectivity index (χ3v) is 6.19. The molecular weight excluding hydrogens is 383 g/mol. The van der Waals surface area contributed by atoms with E-state index in [0.717, 1.165) is 21.3 Å². The van der Waals surface area contributed by atoms with Gasteiger partial charge in [-0.2, -0.15) is 0 Å². The first-order valence-electron chi connectivity index (χ1n) is 7.49. The van der Waals surface area contributed by atoms with E-state index >= 15 is 0 Å². The Kier molecular flexibility index (Phi) is 6.18. The van der Waals surface area contributed by atoms with Crippen LogP contribution in [0.1, 0.15) is 45.1 Å². The molecule has 0 bridgehead atoms. The van der Waals surface area contributed by atoms with Crippen LogP contribution in [-0.2, 0) is 11.3 Å². The summed E-state index contributed by atoms with van der Waals surface area (Å²) in [5.41, 5.74) is 1.25. The number of ether oxygens (including phenoxy) is 1. The van der Waals surface area contributed by atoms with Gasteiger partial charge in [0.25, 0.3) is 0 Å². The summed E-state index contributed by atoms with van der Waals surface area (Å²) >= 11 is 8.51. The van der Waals surface area contributed by atoms with Crippen LogP contribution in [-0.4, -0.2) is 10.0 Å². The molecule has 1 saturated carbocycles. The molecule has 0 aliphatic heterocycles. The Balaban J connectivity index is 1.92. The fourth-order valence-electron chi connectivity index (χ4n) is 3.01. The lowest BCUT2D eigenvalue weighted by Gasteiger charge is -2.40. The molecule has 0 spiro atoms. The Morgan fingerprint density at radius 1 is 1.35 bits per heavy atom. The Labute approximate surface area is 141 Å². The summed E-state index contributed by atoms with van der Waals surface area (Å²) in [6.07, 6.45) is 4.99. The van der Waals surface area contributed by atoms with Crippen LogP contribution < -0.4 is 0 Å². The average molecular weight is 407 g/mol. The molecule has 1 aromatic carbocycles. The molecule has 1 aliphatic carbocycles. The van der Waals surface area contributed by atoms with Crippen molar-refractivity contribution in [2.24, 2.45) is 11.8 Å². The van der Waals surface area contributed by atoms with Crippen molar-refractivity contribution in [3.8, 4) is 0 Å². The molecule has 0 aromatic heterocycles. The van der Waals surface area contributed by atoms with Crippen molar-refractivity contribution < 1.29 is 4.74 Å². The van der Waals surface area contributed by atoms with Gasteiger partial charge >= 0.3 is 0 Å². The summed E-state index contributed by atoms with van der Waals surface area (Å²) in [5, 5.41) is 0.790. The van der Waals surface area contributed by atoms with Crippen molar-refractivity contribution in [3.05, 3.63) is 34.9 Å². The van der Waals surface area contributed by atoms with E-state index in [4.69, 9.17) is 16.3 Å². The zero-order chi connectivity index (χ0) is 14.6. The van der Waals surface area contributed by atoms with Crippen LogP contribution in [0.25, 0.3) is 0 Å². The minimum atomic E-state index is 0.0776. The van der Waals surface area contributed by atoms with Gasteiger partial charge in [-0.25, -0.2) is 0 Å². The lowest BCUT2D eigenvalue weighted by Crippen LogP contribution is -2.39. The normalized spacial score (nSPS) is 26.9. The van der Waals surface area contributed by atoms with Crippen LogP contribution in [0.15, 0.2) is 24.3 Å². The van der Waals surface area contributed by atoms with Gasteiger partial charge in [0, 0.05) is 9.45 Å². The zero-order valence-electron chi connectivity index (χ0n) is 12.4. The highest BCUT2D eigenvalue weighted by Gasteiger charge is 2.36. The highest BCUT2D eigenvalue weighted by molar-refractivity contribution is 14.1. The number of alkyl halides is 1. The van der Waals surface area contributed by atoms with E-state index in [0.29, 0.717) is 6.61 Å². The second-order valence-electron chi connectivity index (χ2n) is 6.32. The van der Waals surface area contributed by atoms with Crippen LogP contribution in [0.2, 0.25) is 5.02 Å². The van der Waals surface area contributed by atoms with Gasteiger partial charge in [0.05, 0.1) is 12.2 Å². The lowest BCUT2D eigenvalue weighted by atomic mass is 9.75. The van der Waals surface area contributed by atoms with E-state index in [1.165, 1.54) is 31.2 Å². The van der Waals surface area contributed by atoms with Gasteiger partial charge < -0.3 is 4.74 Å². The second kappa shape index (κ2) is 7.46. The van der Waals surface area contributed by atoms with E-state index in [1.807, 2.05) is 18.2 Å². The molecule has 1 fully saturated rings. The summed E-state index contributed by atoms with van der Waals surface area (Å²) in [4.78, 5) is 0. The predicted molar refractivity (Wildman–Crippen MR) is 94.7 cm³/mol. The summed E-state index contributed by atoms with van der Waals surface area (Å²) in [7, 11) is 0. The summed E-state index contributed by atoms with van der Waals surface area (Å²) < 4.78 is 7.40. The highest BCUT2D eigenvalue weighted by atomic mass is 127. The lowest BCUT2D eigenvalue weighted by molar-refractivity contribution is -0.0720. The molecule has 0 heterocycles. The number of hydrogen-bond donors (Lipinski definition) is 0. The molecule has 0 atom stereocenters. The van der Waals surface area contributed by atoms with Gasteiger partial charge in [0.2, 0.25) is 0 Å². The fraction of sp³-hybridized carbons (Fsp3) is 0.647. The van der Waals surface area contributed by atoms with Gasteiger partial charge in [0.1, 0.15) is 0 Å². The molecule has 1 aliphatic rings. The van der Waals surface area contributed by atoms with Crippen LogP contribution in [0, 0.1) is 11.8 Å². The molecule has 0 saturated heterocycles. The van der Waals surface area contributed by atoms with E-state index in [-0.39, 0.29) is 5.60 Å². The first kappa shape index (κ1) is 16.6. The topological polar surface area (TPSA) is 9.23 Å². The molecule has 0 N–H and O–H groups in total. The van der Waals surface area contributed by atoms with E-state index in [9.17, 15) is 0 Å². The van der Waals surface area contributed by atoms with Crippen molar-refractivity contribution in [1.82, 2.24) is 0 Å². The average Bonchev–Trinajstić information content (AvgIpc) is 2.45. The molecule has 0 amide bonds. The second-order valence-corrected chi connectivity index (χ2v) is 7.52. The zero-order valence-corrected chi connectivity index (χ0v) is 15.3. The van der Waals surface area contributed by atoms with Gasteiger partial charge in [-0.15, -0.1) is 0 Å². The maximum absolute atomic E-state index is 6.32. The maximum atomic E-state index is 6.32. The molecule has 0 radical (unpaired) electrons. The monoisotopic (exact) mass is 406 g/mol. The third kappa shape index (κ3) is 4.35. The largest absolute Gasteiger partial charge is 0.370 e. The number of halogens is 2. The van der Waals surface area contributed by atoms with Crippen molar-refractivity contribution in [2.45, 2.75) is 51.7 Å². The molecule has 2 rings (SSSR count). The van der Waals surface area contributed by atoms with E-state index < -0.39 is 0 Å². The van der Waals surface area contributed by atoms with Crippen molar-refractivity contribution in [2.75, 3.05) is 4.43 Å². The van der Waals surface area contributed by atoms with Crippen LogP contribution >= 0.6 is 34.2 Å². The Hall–Kier alpha value is 0.200. The molecule has 3 heteroatoms. The van der Waals surface area contributed by atoms with Gasteiger partial charge in [-0.05, 0) is 55.2 Å². The summed E-state index contributed by atoms with van der Waals surface area (Å²) in [5.74, 6) is 1.68. The standard InChI is InChI=1S/C17H24ClIO/c1-13(2)15-6-8-17(12-19,9-7-15)20-11-14-4-3-5-16(18)10-14/h3-5,10,13,15H,6-9,11-12H2,1-2H3. The van der Waals surface area contributed by atoms with Crippen molar-refractivity contribution >= 4 is 34.2 Å². The fourth-order valence-corrected chi connectivity index (χ4v) is 4.21. The molecule has 1 nitrogen and oxygen atoms in total. The van der Waals surface area contributed by atoms with Crippen molar-refractivity contribution in [3.63, 3.8) is 0 Å². The van der Waals surface area contributed by atoms with Crippen molar-refractivity contribution in [1.29, 1.82) is 0 Å². The number of hydrogen-bond acceptors (Lipinski definition) is 1. The van der Waals surface area contributed by atoms with E-state index in [2.05, 4.69) is 42.5 Å². The molecule has 20 heavy (non-hydrogen) atoms. The van der Waals surface area contributed by atoms with E-state index in [1.54, 1.807) is 0 Å². The Morgan fingerprint density at radius 3 is 2.60 bits per heavy atom. The Bertz CT molecular complexity index is 425. The van der Waals surface area contributed by atoms with Gasteiger partial charge in [-0.1, -0.05) is 60.2 Å². The molecular formula is C17H24ClIO. The van der Waals surface area contributed by atoms with Crippen LogP contribution in [0.5, 0.6) is 0 Å². The quantitative estimate of drug-likeness (QED) is 0.438. The molecule has 1 aromatic rings. The molecule has 0 unspecified atom stereocenters.